The Hall–Kier alpha value is -3.39. The first kappa shape index (κ1) is 22.3. The Kier molecular flexibility index (Phi) is 6.60. The van der Waals surface area contributed by atoms with Gasteiger partial charge in [0.15, 0.2) is 0 Å². The molecule has 0 aliphatic carbocycles. The lowest BCUT2D eigenvalue weighted by Crippen LogP contribution is -2.40. The molecule has 1 heterocycles. The van der Waals surface area contributed by atoms with Gasteiger partial charge in [0.05, 0.1) is 43.0 Å². The molecule has 1 atom stereocenters. The minimum absolute atomic E-state index is 0.0125. The number of carbonyl (C=O) groups excluding carboxylic acids is 2. The van der Waals surface area contributed by atoms with Crippen LogP contribution in [0.4, 0.5) is 10.1 Å². The molecule has 0 saturated heterocycles. The summed E-state index contributed by atoms with van der Waals surface area (Å²) in [5, 5.41) is 9.94. The number of hydrogen-bond donors (Lipinski definition) is 1. The fraction of sp³-hybridized carbons (Fsp3) is 0.136. The summed E-state index contributed by atoms with van der Waals surface area (Å²) in [5.74, 6) is -3.41. The van der Waals surface area contributed by atoms with E-state index in [1.165, 1.54) is 6.07 Å². The molecule has 0 radical (unpaired) electrons. The first-order chi connectivity index (χ1) is 14.8. The molecule has 2 aromatic carbocycles. The molecule has 1 unspecified atom stereocenters. The summed E-state index contributed by atoms with van der Waals surface area (Å²) in [6, 6.07) is 14.7. The lowest BCUT2D eigenvalue weighted by Gasteiger charge is -2.36. The fourth-order valence-electron chi connectivity index (χ4n) is 3.45. The minimum Gasteiger partial charge on any atom is -0.466 e. The predicted molar refractivity (Wildman–Crippen MR) is 119 cm³/mol. The Bertz CT molecular complexity index is 1130. The summed E-state index contributed by atoms with van der Waals surface area (Å²) in [6.07, 6.45) is 0. The van der Waals surface area contributed by atoms with Crippen LogP contribution in [0.5, 0.6) is 0 Å². The van der Waals surface area contributed by atoms with E-state index >= 15 is 0 Å². The Morgan fingerprint density at radius 3 is 2.32 bits per heavy atom. The van der Waals surface area contributed by atoms with Crippen LogP contribution in [0.15, 0.2) is 71.2 Å². The second-order valence-electron chi connectivity index (χ2n) is 6.46. The third kappa shape index (κ3) is 4.11. The molecule has 0 saturated carbocycles. The van der Waals surface area contributed by atoms with Crippen molar-refractivity contribution in [2.24, 2.45) is 5.73 Å². The SMILES string of the molecule is COC(=O)C1=C(C(=O)OC)N(c2cc(F)cc(I)c2)C(N)=C(C#N)C1c1ccccc1. The third-order valence-corrected chi connectivity index (χ3v) is 5.34. The molecule has 2 aromatic rings. The number of nitriles is 1. The molecule has 31 heavy (non-hydrogen) atoms. The standard InChI is InChI=1S/C22H17FIN3O4/c1-30-21(28)18-17(12-6-4-3-5-7-12)16(11-25)20(26)27(19(18)22(29)31-2)15-9-13(23)8-14(24)10-15/h3-10,17H,26H2,1-2H3. The van der Waals surface area contributed by atoms with Gasteiger partial charge in [-0.15, -0.1) is 0 Å². The number of rotatable bonds is 4. The molecular formula is C22H17FIN3O4. The second-order valence-corrected chi connectivity index (χ2v) is 7.71. The smallest absolute Gasteiger partial charge is 0.355 e. The average Bonchev–Trinajstić information content (AvgIpc) is 2.76. The van der Waals surface area contributed by atoms with Gasteiger partial charge in [-0.3, -0.25) is 4.90 Å². The van der Waals surface area contributed by atoms with E-state index in [1.54, 1.807) is 36.4 Å². The van der Waals surface area contributed by atoms with Crippen molar-refractivity contribution in [1.82, 2.24) is 0 Å². The van der Waals surface area contributed by atoms with Crippen molar-refractivity contribution in [3.8, 4) is 6.07 Å². The van der Waals surface area contributed by atoms with Gasteiger partial charge in [-0.2, -0.15) is 5.26 Å². The Labute approximate surface area is 191 Å². The molecule has 2 N–H and O–H groups in total. The van der Waals surface area contributed by atoms with Crippen molar-refractivity contribution in [2.75, 3.05) is 19.1 Å². The number of hydrogen-bond acceptors (Lipinski definition) is 7. The number of carbonyl (C=O) groups is 2. The number of methoxy groups -OCH3 is 2. The minimum atomic E-state index is -0.975. The van der Waals surface area contributed by atoms with Crippen LogP contribution in [-0.4, -0.2) is 26.2 Å². The maximum Gasteiger partial charge on any atom is 0.355 e. The monoisotopic (exact) mass is 533 g/mol. The average molecular weight is 533 g/mol. The Morgan fingerprint density at radius 2 is 1.77 bits per heavy atom. The first-order valence-electron chi connectivity index (χ1n) is 8.95. The molecule has 0 amide bonds. The van der Waals surface area contributed by atoms with Gasteiger partial charge < -0.3 is 15.2 Å². The Balaban J connectivity index is 2.43. The van der Waals surface area contributed by atoms with Gasteiger partial charge in [-0.1, -0.05) is 30.3 Å². The van der Waals surface area contributed by atoms with Crippen LogP contribution < -0.4 is 10.6 Å². The van der Waals surface area contributed by atoms with Gasteiger partial charge in [-0.05, 0) is 46.4 Å². The van der Waals surface area contributed by atoms with Crippen LogP contribution in [0.1, 0.15) is 11.5 Å². The van der Waals surface area contributed by atoms with Crippen LogP contribution in [0.3, 0.4) is 0 Å². The molecule has 7 nitrogen and oxygen atoms in total. The van der Waals surface area contributed by atoms with Crippen molar-refractivity contribution < 1.29 is 23.5 Å². The highest BCUT2D eigenvalue weighted by Gasteiger charge is 2.43. The van der Waals surface area contributed by atoms with Crippen LogP contribution in [0, 0.1) is 20.7 Å². The molecule has 1 aliphatic heterocycles. The lowest BCUT2D eigenvalue weighted by molar-refractivity contribution is -0.139. The largest absolute Gasteiger partial charge is 0.466 e. The molecule has 158 valence electrons. The maximum atomic E-state index is 14.2. The zero-order chi connectivity index (χ0) is 22.7. The summed E-state index contributed by atoms with van der Waals surface area (Å²) >= 11 is 1.91. The third-order valence-electron chi connectivity index (χ3n) is 4.72. The van der Waals surface area contributed by atoms with E-state index in [4.69, 9.17) is 15.2 Å². The van der Waals surface area contributed by atoms with Gasteiger partial charge in [-0.25, -0.2) is 14.0 Å². The molecule has 0 bridgehead atoms. The molecule has 3 rings (SSSR count). The fourth-order valence-corrected chi connectivity index (χ4v) is 4.07. The zero-order valence-corrected chi connectivity index (χ0v) is 18.7. The van der Waals surface area contributed by atoms with E-state index in [-0.39, 0.29) is 28.4 Å². The number of nitrogens with two attached hydrogens (primary N) is 1. The van der Waals surface area contributed by atoms with Gasteiger partial charge >= 0.3 is 11.9 Å². The molecule has 0 aromatic heterocycles. The first-order valence-corrected chi connectivity index (χ1v) is 10.0. The topological polar surface area (TPSA) is 106 Å². The van der Waals surface area contributed by atoms with Crippen molar-refractivity contribution >= 4 is 40.2 Å². The highest BCUT2D eigenvalue weighted by Crippen LogP contribution is 2.43. The van der Waals surface area contributed by atoms with Crippen LogP contribution in [0.25, 0.3) is 0 Å². The number of benzene rings is 2. The van der Waals surface area contributed by atoms with Gasteiger partial charge in [0, 0.05) is 3.57 Å². The van der Waals surface area contributed by atoms with E-state index in [1.807, 2.05) is 28.7 Å². The summed E-state index contributed by atoms with van der Waals surface area (Å²) in [5.41, 5.74) is 6.68. The van der Waals surface area contributed by atoms with Crippen molar-refractivity contribution in [3.05, 3.63) is 86.1 Å². The molecule has 9 heteroatoms. The quantitative estimate of drug-likeness (QED) is 0.475. The van der Waals surface area contributed by atoms with E-state index < -0.39 is 23.7 Å². The number of nitrogens with zero attached hydrogens (tertiary/aromatic N) is 2. The highest BCUT2D eigenvalue weighted by atomic mass is 127. The zero-order valence-electron chi connectivity index (χ0n) is 16.6. The lowest BCUT2D eigenvalue weighted by atomic mass is 9.81. The number of halogens is 2. The number of ether oxygens (including phenoxy) is 2. The van der Waals surface area contributed by atoms with Crippen molar-refractivity contribution in [2.45, 2.75) is 5.92 Å². The van der Waals surface area contributed by atoms with Crippen LogP contribution >= 0.6 is 22.6 Å². The molecular weight excluding hydrogens is 516 g/mol. The number of anilines is 1. The second kappa shape index (κ2) is 9.18. The van der Waals surface area contributed by atoms with Gasteiger partial charge in [0.25, 0.3) is 0 Å². The summed E-state index contributed by atoms with van der Waals surface area (Å²) in [4.78, 5) is 26.9. The van der Waals surface area contributed by atoms with Gasteiger partial charge in [0.1, 0.15) is 17.3 Å². The van der Waals surface area contributed by atoms with Gasteiger partial charge in [0.2, 0.25) is 0 Å². The van der Waals surface area contributed by atoms with Crippen molar-refractivity contribution in [1.29, 1.82) is 5.26 Å². The van der Waals surface area contributed by atoms with Crippen molar-refractivity contribution in [3.63, 3.8) is 0 Å². The van der Waals surface area contributed by atoms with E-state index in [0.717, 1.165) is 25.2 Å². The molecule has 1 aliphatic rings. The summed E-state index contributed by atoms with van der Waals surface area (Å²) in [7, 11) is 2.31. The predicted octanol–water partition coefficient (Wildman–Crippen LogP) is 3.33. The van der Waals surface area contributed by atoms with E-state index in [0.29, 0.717) is 9.13 Å². The van der Waals surface area contributed by atoms with Crippen LogP contribution in [-0.2, 0) is 19.1 Å². The highest BCUT2D eigenvalue weighted by molar-refractivity contribution is 14.1. The van der Waals surface area contributed by atoms with Crippen LogP contribution in [0.2, 0.25) is 0 Å². The number of allylic oxidation sites excluding steroid dienone is 1. The summed E-state index contributed by atoms with van der Waals surface area (Å²) in [6.45, 7) is 0. The normalized spacial score (nSPS) is 16.1. The maximum absolute atomic E-state index is 14.2. The Morgan fingerprint density at radius 1 is 1.13 bits per heavy atom. The van der Waals surface area contributed by atoms with E-state index in [2.05, 4.69) is 0 Å². The molecule has 0 fully saturated rings. The van der Waals surface area contributed by atoms with E-state index in [9.17, 15) is 19.2 Å². The summed E-state index contributed by atoms with van der Waals surface area (Å²) < 4.78 is 24.6. The number of esters is 2. The molecule has 0 spiro atoms.